The molecule has 2 aromatic rings. The van der Waals surface area contributed by atoms with Gasteiger partial charge in [-0.15, -0.1) is 0 Å². The first-order valence-corrected chi connectivity index (χ1v) is 4.56. The van der Waals surface area contributed by atoms with Crippen molar-refractivity contribution in [2.45, 2.75) is 6.54 Å². The maximum atomic E-state index is 13.6. The van der Waals surface area contributed by atoms with E-state index in [-0.39, 0.29) is 5.82 Å². The molecule has 4 heteroatoms. The van der Waals surface area contributed by atoms with E-state index in [1.54, 1.807) is 18.3 Å². The summed E-state index contributed by atoms with van der Waals surface area (Å²) in [6.07, 6.45) is 4.61. The molecule has 1 heterocycles. The molecule has 0 atom stereocenters. The molecule has 15 heavy (non-hydrogen) atoms. The lowest BCUT2D eigenvalue weighted by atomic mass is 10.1. The maximum Gasteiger partial charge on any atom is 0.132 e. The Balaban J connectivity index is 2.46. The molecule has 1 aromatic carbocycles. The largest absolute Gasteiger partial charge is 0.326 e. The number of nitrogens with two attached hydrogens (primary N) is 1. The molecule has 0 aliphatic rings. The van der Waals surface area contributed by atoms with E-state index in [4.69, 9.17) is 5.73 Å². The second kappa shape index (κ2) is 4.14. The summed E-state index contributed by atoms with van der Waals surface area (Å²) in [4.78, 5) is 7.92. The van der Waals surface area contributed by atoms with Crippen LogP contribution in [0.25, 0.3) is 11.3 Å². The number of benzene rings is 1. The van der Waals surface area contributed by atoms with Gasteiger partial charge in [0.2, 0.25) is 0 Å². The van der Waals surface area contributed by atoms with Crippen molar-refractivity contribution >= 4 is 0 Å². The SMILES string of the molecule is NCc1ccc(-c2cnccn2)c(F)c1. The highest BCUT2D eigenvalue weighted by atomic mass is 19.1. The van der Waals surface area contributed by atoms with Gasteiger partial charge < -0.3 is 5.73 Å². The first kappa shape index (κ1) is 9.73. The minimum Gasteiger partial charge on any atom is -0.326 e. The zero-order chi connectivity index (χ0) is 10.7. The molecule has 0 spiro atoms. The predicted octanol–water partition coefficient (Wildman–Crippen LogP) is 1.74. The number of halogens is 1. The third-order valence-corrected chi connectivity index (χ3v) is 2.11. The normalized spacial score (nSPS) is 10.3. The Morgan fingerprint density at radius 2 is 2.13 bits per heavy atom. The lowest BCUT2D eigenvalue weighted by molar-refractivity contribution is 0.628. The molecule has 2 N–H and O–H groups in total. The molecule has 0 amide bonds. The second-order valence-corrected chi connectivity index (χ2v) is 3.11. The van der Waals surface area contributed by atoms with Gasteiger partial charge in [-0.3, -0.25) is 9.97 Å². The van der Waals surface area contributed by atoms with Gasteiger partial charge in [0.1, 0.15) is 5.82 Å². The van der Waals surface area contributed by atoms with Crippen LogP contribution in [0.1, 0.15) is 5.56 Å². The van der Waals surface area contributed by atoms with E-state index in [1.807, 2.05) is 0 Å². The van der Waals surface area contributed by atoms with Gasteiger partial charge in [0.15, 0.2) is 0 Å². The van der Waals surface area contributed by atoms with E-state index >= 15 is 0 Å². The number of aromatic nitrogens is 2. The van der Waals surface area contributed by atoms with E-state index in [0.29, 0.717) is 17.8 Å². The molecule has 0 saturated heterocycles. The smallest absolute Gasteiger partial charge is 0.132 e. The quantitative estimate of drug-likeness (QED) is 0.808. The Hall–Kier alpha value is -1.81. The van der Waals surface area contributed by atoms with Gasteiger partial charge in [0.05, 0.1) is 11.9 Å². The van der Waals surface area contributed by atoms with Crippen LogP contribution >= 0.6 is 0 Å². The minimum atomic E-state index is -0.321. The Morgan fingerprint density at radius 3 is 2.73 bits per heavy atom. The lowest BCUT2D eigenvalue weighted by Crippen LogP contribution is -1.97. The fourth-order valence-electron chi connectivity index (χ4n) is 1.33. The van der Waals surface area contributed by atoms with Crippen LogP contribution in [0.15, 0.2) is 36.8 Å². The molecule has 0 radical (unpaired) electrons. The summed E-state index contributed by atoms with van der Waals surface area (Å²) in [6.45, 7) is 0.331. The van der Waals surface area contributed by atoms with Gasteiger partial charge >= 0.3 is 0 Å². The third-order valence-electron chi connectivity index (χ3n) is 2.11. The summed E-state index contributed by atoms with van der Waals surface area (Å²) in [5.74, 6) is -0.321. The van der Waals surface area contributed by atoms with Crippen LogP contribution in [0.3, 0.4) is 0 Å². The highest BCUT2D eigenvalue weighted by molar-refractivity contribution is 5.59. The topological polar surface area (TPSA) is 51.8 Å². The van der Waals surface area contributed by atoms with Crippen molar-refractivity contribution in [2.75, 3.05) is 0 Å². The molecule has 1 aromatic heterocycles. The molecule has 0 fully saturated rings. The van der Waals surface area contributed by atoms with Gasteiger partial charge in [-0.05, 0) is 17.7 Å². The summed E-state index contributed by atoms with van der Waals surface area (Å²) in [6, 6.07) is 4.87. The Labute approximate surface area is 86.8 Å². The molecular formula is C11H10FN3. The van der Waals surface area contributed by atoms with Crippen LogP contribution in [0.5, 0.6) is 0 Å². The molecular weight excluding hydrogens is 193 g/mol. The molecule has 0 unspecified atom stereocenters. The van der Waals surface area contributed by atoms with Crippen LogP contribution in [-0.2, 0) is 6.54 Å². The van der Waals surface area contributed by atoms with Crippen LogP contribution in [-0.4, -0.2) is 9.97 Å². The third kappa shape index (κ3) is 1.99. The van der Waals surface area contributed by atoms with Gasteiger partial charge in [-0.25, -0.2) is 4.39 Å². The molecule has 2 rings (SSSR count). The second-order valence-electron chi connectivity index (χ2n) is 3.11. The molecule has 76 valence electrons. The van der Waals surface area contributed by atoms with E-state index in [0.717, 1.165) is 5.56 Å². The van der Waals surface area contributed by atoms with Gasteiger partial charge in [0.25, 0.3) is 0 Å². The van der Waals surface area contributed by atoms with E-state index < -0.39 is 0 Å². The summed E-state index contributed by atoms with van der Waals surface area (Å²) in [5.41, 5.74) is 7.15. The molecule has 0 bridgehead atoms. The van der Waals surface area contributed by atoms with Gasteiger partial charge in [0, 0.05) is 24.5 Å². The van der Waals surface area contributed by atoms with Gasteiger partial charge in [-0.2, -0.15) is 0 Å². The standard InChI is InChI=1S/C11H10FN3/c12-10-5-8(6-13)1-2-9(10)11-7-14-3-4-15-11/h1-5,7H,6,13H2. The summed E-state index contributed by atoms with van der Waals surface area (Å²) >= 11 is 0. The van der Waals surface area contributed by atoms with E-state index in [1.165, 1.54) is 18.5 Å². The monoisotopic (exact) mass is 203 g/mol. The van der Waals surface area contributed by atoms with Crippen LogP contribution < -0.4 is 5.73 Å². The van der Waals surface area contributed by atoms with Crippen molar-refractivity contribution in [1.29, 1.82) is 0 Å². The minimum absolute atomic E-state index is 0.321. The average molecular weight is 203 g/mol. The number of nitrogens with zero attached hydrogens (tertiary/aromatic N) is 2. The van der Waals surface area contributed by atoms with E-state index in [9.17, 15) is 4.39 Å². The van der Waals surface area contributed by atoms with Crippen molar-refractivity contribution in [3.05, 3.63) is 48.2 Å². The first-order chi connectivity index (χ1) is 7.31. The number of rotatable bonds is 2. The first-order valence-electron chi connectivity index (χ1n) is 4.56. The van der Waals surface area contributed by atoms with Crippen LogP contribution in [0.2, 0.25) is 0 Å². The lowest BCUT2D eigenvalue weighted by Gasteiger charge is -2.03. The van der Waals surface area contributed by atoms with Crippen molar-refractivity contribution < 1.29 is 4.39 Å². The molecule has 0 saturated carbocycles. The zero-order valence-corrected chi connectivity index (χ0v) is 8.02. The van der Waals surface area contributed by atoms with E-state index in [2.05, 4.69) is 9.97 Å². The fourth-order valence-corrected chi connectivity index (χ4v) is 1.33. The van der Waals surface area contributed by atoms with Crippen molar-refractivity contribution in [1.82, 2.24) is 9.97 Å². The van der Waals surface area contributed by atoms with Gasteiger partial charge in [-0.1, -0.05) is 6.07 Å². The fraction of sp³-hybridized carbons (Fsp3) is 0.0909. The summed E-state index contributed by atoms with van der Waals surface area (Å²) in [5, 5.41) is 0. The van der Waals surface area contributed by atoms with Crippen LogP contribution in [0, 0.1) is 5.82 Å². The Bertz CT molecular complexity index is 457. The Morgan fingerprint density at radius 1 is 1.27 bits per heavy atom. The zero-order valence-electron chi connectivity index (χ0n) is 8.02. The highest BCUT2D eigenvalue weighted by Gasteiger charge is 2.06. The maximum absolute atomic E-state index is 13.6. The van der Waals surface area contributed by atoms with Crippen molar-refractivity contribution in [3.63, 3.8) is 0 Å². The highest BCUT2D eigenvalue weighted by Crippen LogP contribution is 2.20. The van der Waals surface area contributed by atoms with Crippen molar-refractivity contribution in [3.8, 4) is 11.3 Å². The van der Waals surface area contributed by atoms with Crippen molar-refractivity contribution in [2.24, 2.45) is 5.73 Å². The Kier molecular flexibility index (Phi) is 2.69. The molecule has 0 aliphatic carbocycles. The summed E-state index contributed by atoms with van der Waals surface area (Å²) in [7, 11) is 0. The number of hydrogen-bond donors (Lipinski definition) is 1. The molecule has 0 aliphatic heterocycles. The summed E-state index contributed by atoms with van der Waals surface area (Å²) < 4.78 is 13.6. The average Bonchev–Trinajstić information content (AvgIpc) is 2.30. The molecule has 3 nitrogen and oxygen atoms in total. The predicted molar refractivity (Wildman–Crippen MR) is 55.3 cm³/mol. The number of hydrogen-bond acceptors (Lipinski definition) is 3. The van der Waals surface area contributed by atoms with Crippen LogP contribution in [0.4, 0.5) is 4.39 Å².